The van der Waals surface area contributed by atoms with E-state index in [4.69, 9.17) is 16.0 Å². The van der Waals surface area contributed by atoms with E-state index < -0.39 is 15.8 Å². The van der Waals surface area contributed by atoms with Crippen LogP contribution >= 0.6 is 11.6 Å². The zero-order chi connectivity index (χ0) is 18.5. The zero-order valence-corrected chi connectivity index (χ0v) is 15.6. The van der Waals surface area contributed by atoms with Gasteiger partial charge in [-0.25, -0.2) is 13.2 Å². The number of rotatable bonds is 3. The number of oxazole rings is 1. The molecule has 0 saturated carbocycles. The number of aromatic nitrogens is 1. The quantitative estimate of drug-likeness (QED) is 0.685. The van der Waals surface area contributed by atoms with Crippen molar-refractivity contribution in [2.75, 3.05) is 6.54 Å². The summed E-state index contributed by atoms with van der Waals surface area (Å²) in [5.74, 6) is -0.519. The van der Waals surface area contributed by atoms with Crippen molar-refractivity contribution in [3.8, 4) is 0 Å². The monoisotopic (exact) mass is 392 g/mol. The average Bonchev–Trinajstić information content (AvgIpc) is 3.21. The molecule has 26 heavy (non-hydrogen) atoms. The molecule has 2 heterocycles. The maximum absolute atomic E-state index is 13.2. The van der Waals surface area contributed by atoms with E-state index in [1.54, 1.807) is 25.2 Å². The molecule has 1 atom stereocenters. The first-order valence-corrected chi connectivity index (χ1v) is 10.1. The largest absolute Gasteiger partial charge is 0.419 e. The molecule has 2 aromatic carbocycles. The second-order valence-electron chi connectivity index (χ2n) is 6.38. The summed E-state index contributed by atoms with van der Waals surface area (Å²) in [5, 5.41) is 0.616. The third-order valence-electron chi connectivity index (χ3n) is 4.83. The second-order valence-corrected chi connectivity index (χ2v) is 8.71. The number of hydrogen-bond donors (Lipinski definition) is 0. The minimum atomic E-state index is -3.71. The summed E-state index contributed by atoms with van der Waals surface area (Å²) in [6, 6.07) is 11.6. The minimum absolute atomic E-state index is 0.125. The smallest absolute Gasteiger partial charge is 0.408 e. The number of halogens is 1. The fourth-order valence-electron chi connectivity index (χ4n) is 3.46. The summed E-state index contributed by atoms with van der Waals surface area (Å²) in [7, 11) is -2.13. The van der Waals surface area contributed by atoms with Gasteiger partial charge < -0.3 is 4.42 Å². The van der Waals surface area contributed by atoms with E-state index in [1.807, 2.05) is 12.1 Å². The molecule has 8 heteroatoms. The van der Waals surface area contributed by atoms with Crippen molar-refractivity contribution >= 4 is 32.7 Å². The van der Waals surface area contributed by atoms with Crippen LogP contribution in [-0.2, 0) is 17.1 Å². The molecule has 1 fully saturated rings. The Morgan fingerprint density at radius 3 is 2.62 bits per heavy atom. The summed E-state index contributed by atoms with van der Waals surface area (Å²) in [5.41, 5.74) is 1.74. The molecule has 1 aliphatic rings. The van der Waals surface area contributed by atoms with E-state index in [-0.39, 0.29) is 16.5 Å². The molecule has 0 radical (unpaired) electrons. The van der Waals surface area contributed by atoms with Crippen LogP contribution in [0, 0.1) is 0 Å². The van der Waals surface area contributed by atoms with Crippen molar-refractivity contribution in [2.24, 2.45) is 7.05 Å². The zero-order valence-electron chi connectivity index (χ0n) is 14.1. The summed E-state index contributed by atoms with van der Waals surface area (Å²) in [4.78, 5) is 11.8. The maximum Gasteiger partial charge on any atom is 0.419 e. The first-order valence-electron chi connectivity index (χ1n) is 8.25. The molecular weight excluding hydrogens is 376 g/mol. The predicted octanol–water partition coefficient (Wildman–Crippen LogP) is 3.31. The fraction of sp³-hybridized carbons (Fsp3) is 0.278. The van der Waals surface area contributed by atoms with Crippen molar-refractivity contribution in [3.63, 3.8) is 0 Å². The lowest BCUT2D eigenvalue weighted by Crippen LogP contribution is -2.30. The summed E-state index contributed by atoms with van der Waals surface area (Å²) in [6.45, 7) is 0.451. The van der Waals surface area contributed by atoms with Crippen molar-refractivity contribution in [3.05, 3.63) is 63.6 Å². The van der Waals surface area contributed by atoms with Gasteiger partial charge >= 0.3 is 5.76 Å². The standard InChI is InChI=1S/C18H17ClN2O4S/c1-20-16-9-8-14(11-17(16)25-18(20)22)26(23,24)21-10-2-3-15(21)12-4-6-13(19)7-5-12/h4-9,11,15H,2-3,10H2,1H3/t15-/m0/s1. The Balaban J connectivity index is 1.75. The molecule has 3 aromatic rings. The minimum Gasteiger partial charge on any atom is -0.408 e. The Labute approximate surface area is 155 Å². The number of hydrogen-bond acceptors (Lipinski definition) is 4. The lowest BCUT2D eigenvalue weighted by molar-refractivity contribution is 0.396. The van der Waals surface area contributed by atoms with Gasteiger partial charge in [0.15, 0.2) is 5.58 Å². The van der Waals surface area contributed by atoms with E-state index in [0.717, 1.165) is 18.4 Å². The number of sulfonamides is 1. The number of aryl methyl sites for hydroxylation is 1. The molecule has 0 spiro atoms. The third kappa shape index (κ3) is 2.76. The Morgan fingerprint density at radius 1 is 1.15 bits per heavy atom. The van der Waals surface area contributed by atoms with Gasteiger partial charge in [-0.2, -0.15) is 4.31 Å². The van der Waals surface area contributed by atoms with Crippen LogP contribution in [-0.4, -0.2) is 23.8 Å². The highest BCUT2D eigenvalue weighted by Crippen LogP contribution is 2.37. The molecule has 4 rings (SSSR count). The molecule has 0 aliphatic carbocycles. The first kappa shape index (κ1) is 17.3. The number of benzene rings is 2. The lowest BCUT2D eigenvalue weighted by atomic mass is 10.1. The van der Waals surface area contributed by atoms with Gasteiger partial charge in [-0.15, -0.1) is 0 Å². The summed E-state index contributed by atoms with van der Waals surface area (Å²) < 4.78 is 34.4. The Kier molecular flexibility index (Phi) is 4.17. The highest BCUT2D eigenvalue weighted by atomic mass is 35.5. The van der Waals surface area contributed by atoms with Gasteiger partial charge in [-0.05, 0) is 42.7 Å². The van der Waals surface area contributed by atoms with Gasteiger partial charge in [0.25, 0.3) is 0 Å². The van der Waals surface area contributed by atoms with Crippen LogP contribution in [0.15, 0.2) is 56.6 Å². The molecule has 0 bridgehead atoms. The summed E-state index contributed by atoms with van der Waals surface area (Å²) in [6.07, 6.45) is 1.54. The molecular formula is C18H17ClN2O4S. The van der Waals surface area contributed by atoms with Crippen molar-refractivity contribution < 1.29 is 12.8 Å². The first-order chi connectivity index (χ1) is 12.4. The van der Waals surface area contributed by atoms with Crippen molar-refractivity contribution in [1.29, 1.82) is 0 Å². The topological polar surface area (TPSA) is 72.5 Å². The molecule has 1 aromatic heterocycles. The van der Waals surface area contributed by atoms with E-state index in [0.29, 0.717) is 17.1 Å². The van der Waals surface area contributed by atoms with Gasteiger partial charge in [0, 0.05) is 24.7 Å². The molecule has 0 unspecified atom stereocenters. The molecule has 1 aliphatic heterocycles. The Hall–Kier alpha value is -2.09. The van der Waals surface area contributed by atoms with Crippen LogP contribution in [0.25, 0.3) is 11.1 Å². The van der Waals surface area contributed by atoms with Crippen LogP contribution in [0.4, 0.5) is 0 Å². The van der Waals surface area contributed by atoms with Crippen LogP contribution in [0.1, 0.15) is 24.4 Å². The van der Waals surface area contributed by atoms with Gasteiger partial charge in [0.2, 0.25) is 10.0 Å². The number of fused-ring (bicyclic) bond motifs is 1. The van der Waals surface area contributed by atoms with Crippen molar-refractivity contribution in [2.45, 2.75) is 23.8 Å². The normalized spacial score (nSPS) is 18.6. The van der Waals surface area contributed by atoms with E-state index in [2.05, 4.69) is 0 Å². The lowest BCUT2D eigenvalue weighted by Gasteiger charge is -2.24. The van der Waals surface area contributed by atoms with Crippen LogP contribution < -0.4 is 5.76 Å². The molecule has 1 saturated heterocycles. The molecule has 6 nitrogen and oxygen atoms in total. The van der Waals surface area contributed by atoms with Gasteiger partial charge in [-0.1, -0.05) is 23.7 Å². The van der Waals surface area contributed by atoms with Gasteiger partial charge in [0.05, 0.1) is 16.5 Å². The van der Waals surface area contributed by atoms with Crippen molar-refractivity contribution in [1.82, 2.24) is 8.87 Å². The Bertz CT molecular complexity index is 1130. The highest BCUT2D eigenvalue weighted by Gasteiger charge is 2.36. The summed E-state index contributed by atoms with van der Waals surface area (Å²) >= 11 is 5.94. The number of nitrogens with zero attached hydrogens (tertiary/aromatic N) is 2. The van der Waals surface area contributed by atoms with Gasteiger partial charge in [0.1, 0.15) is 0 Å². The highest BCUT2D eigenvalue weighted by molar-refractivity contribution is 7.89. The molecule has 0 amide bonds. The SMILES string of the molecule is Cn1c(=O)oc2cc(S(=O)(=O)N3CCC[C@H]3c3ccc(Cl)cc3)ccc21. The maximum atomic E-state index is 13.2. The predicted molar refractivity (Wildman–Crippen MR) is 98.8 cm³/mol. The van der Waals surface area contributed by atoms with E-state index in [9.17, 15) is 13.2 Å². The molecule has 136 valence electrons. The van der Waals surface area contributed by atoms with E-state index in [1.165, 1.54) is 21.0 Å². The third-order valence-corrected chi connectivity index (χ3v) is 6.98. The molecule has 0 N–H and O–H groups in total. The average molecular weight is 393 g/mol. The van der Waals surface area contributed by atoms with Crippen LogP contribution in [0.5, 0.6) is 0 Å². The van der Waals surface area contributed by atoms with Crippen LogP contribution in [0.2, 0.25) is 5.02 Å². The van der Waals surface area contributed by atoms with Gasteiger partial charge in [-0.3, -0.25) is 4.57 Å². The fourth-order valence-corrected chi connectivity index (χ4v) is 5.28. The second kappa shape index (κ2) is 6.26. The van der Waals surface area contributed by atoms with E-state index >= 15 is 0 Å². The van der Waals surface area contributed by atoms with Crippen LogP contribution in [0.3, 0.4) is 0 Å². The Morgan fingerprint density at radius 2 is 1.88 bits per heavy atom.